The van der Waals surface area contributed by atoms with Crippen LogP contribution in [0.4, 0.5) is 4.39 Å². The molecule has 1 unspecified atom stereocenters. The van der Waals surface area contributed by atoms with Gasteiger partial charge in [-0.25, -0.2) is 9.37 Å². The molecule has 0 aliphatic carbocycles. The normalized spacial score (nSPS) is 12.5. The molecule has 28 heavy (non-hydrogen) atoms. The van der Waals surface area contributed by atoms with E-state index in [0.29, 0.717) is 16.4 Å². The molecule has 0 radical (unpaired) electrons. The number of aromatic nitrogens is 2. The zero-order chi connectivity index (χ0) is 20.3. The molecule has 0 spiro atoms. The first-order valence-electron chi connectivity index (χ1n) is 9.64. The molecule has 0 bridgehead atoms. The molecule has 1 N–H and O–H groups in total. The zero-order valence-corrected chi connectivity index (χ0v) is 17.1. The van der Waals surface area contributed by atoms with E-state index >= 15 is 0 Å². The van der Waals surface area contributed by atoms with Crippen LogP contribution in [-0.4, -0.2) is 15.5 Å². The Kier molecular flexibility index (Phi) is 6.35. The smallest absolute Gasteiger partial charge is 0.223 e. The number of nitrogens with zero attached hydrogens (tertiary/aromatic N) is 2. The van der Waals surface area contributed by atoms with Crippen molar-refractivity contribution in [2.45, 2.75) is 46.2 Å². The summed E-state index contributed by atoms with van der Waals surface area (Å²) in [6.07, 6.45) is 1.58. The van der Waals surface area contributed by atoms with Crippen LogP contribution in [0, 0.1) is 11.7 Å². The highest BCUT2D eigenvalue weighted by atomic mass is 35.5. The van der Waals surface area contributed by atoms with E-state index in [4.69, 9.17) is 16.6 Å². The van der Waals surface area contributed by atoms with Crippen LogP contribution in [0.2, 0.25) is 5.02 Å². The lowest BCUT2D eigenvalue weighted by Crippen LogP contribution is -2.33. The standard InChI is InChI=1S/C22H25ClFN3O/c1-4-15(5-2)22(28)25-14(3)21-26-19-11-6-7-12-20(19)27(21)13-16-17(23)9-8-10-18(16)24/h6-12,14-15H,4-5,13H2,1-3H3,(H,25,28). The van der Waals surface area contributed by atoms with Gasteiger partial charge < -0.3 is 9.88 Å². The van der Waals surface area contributed by atoms with Crippen molar-refractivity contribution in [3.63, 3.8) is 0 Å². The Balaban J connectivity index is 2.01. The number of fused-ring (bicyclic) bond motifs is 1. The lowest BCUT2D eigenvalue weighted by Gasteiger charge is -2.20. The first kappa shape index (κ1) is 20.3. The first-order chi connectivity index (χ1) is 13.5. The van der Waals surface area contributed by atoms with Crippen molar-refractivity contribution < 1.29 is 9.18 Å². The molecule has 1 amide bonds. The van der Waals surface area contributed by atoms with E-state index in [1.165, 1.54) is 6.07 Å². The summed E-state index contributed by atoms with van der Waals surface area (Å²) in [5, 5.41) is 3.44. The molecule has 0 fully saturated rings. The van der Waals surface area contributed by atoms with Crippen molar-refractivity contribution in [1.82, 2.24) is 14.9 Å². The highest BCUT2D eigenvalue weighted by Crippen LogP contribution is 2.26. The number of amides is 1. The van der Waals surface area contributed by atoms with Gasteiger partial charge in [-0.2, -0.15) is 0 Å². The Morgan fingerprint density at radius 3 is 2.57 bits per heavy atom. The summed E-state index contributed by atoms with van der Waals surface area (Å²) < 4.78 is 16.3. The number of hydrogen-bond acceptors (Lipinski definition) is 2. The maximum Gasteiger partial charge on any atom is 0.223 e. The minimum Gasteiger partial charge on any atom is -0.346 e. The molecular weight excluding hydrogens is 377 g/mol. The van der Waals surface area contributed by atoms with Crippen LogP contribution in [0.15, 0.2) is 42.5 Å². The molecule has 0 saturated carbocycles. The largest absolute Gasteiger partial charge is 0.346 e. The van der Waals surface area contributed by atoms with Crippen LogP contribution < -0.4 is 5.32 Å². The third-order valence-corrected chi connectivity index (χ3v) is 5.52. The Hall–Kier alpha value is -2.40. The Labute approximate surface area is 169 Å². The van der Waals surface area contributed by atoms with Gasteiger partial charge in [0.15, 0.2) is 0 Å². The second-order valence-electron chi connectivity index (χ2n) is 6.99. The summed E-state index contributed by atoms with van der Waals surface area (Å²) in [6, 6.07) is 12.0. The Bertz CT molecular complexity index is 961. The molecule has 1 heterocycles. The van der Waals surface area contributed by atoms with Crippen LogP contribution >= 0.6 is 11.6 Å². The molecule has 6 heteroatoms. The SMILES string of the molecule is CCC(CC)C(=O)NC(C)c1nc2ccccc2n1Cc1c(F)cccc1Cl. The predicted octanol–water partition coefficient (Wildman–Crippen LogP) is 5.49. The van der Waals surface area contributed by atoms with Gasteiger partial charge in [0.05, 0.1) is 23.6 Å². The van der Waals surface area contributed by atoms with E-state index in [2.05, 4.69) is 5.32 Å². The number of nitrogens with one attached hydrogen (secondary N) is 1. The third-order valence-electron chi connectivity index (χ3n) is 5.16. The number of para-hydroxylation sites is 2. The highest BCUT2D eigenvalue weighted by Gasteiger charge is 2.22. The number of imidazole rings is 1. The molecule has 0 aliphatic heterocycles. The van der Waals surface area contributed by atoms with Gasteiger partial charge in [0, 0.05) is 16.5 Å². The van der Waals surface area contributed by atoms with Crippen LogP contribution in [0.3, 0.4) is 0 Å². The second kappa shape index (κ2) is 8.74. The Morgan fingerprint density at radius 1 is 1.18 bits per heavy atom. The molecule has 0 saturated heterocycles. The van der Waals surface area contributed by atoms with E-state index in [9.17, 15) is 9.18 Å². The fourth-order valence-corrected chi connectivity index (χ4v) is 3.71. The molecule has 0 aliphatic rings. The van der Waals surface area contributed by atoms with E-state index in [-0.39, 0.29) is 30.2 Å². The van der Waals surface area contributed by atoms with Crippen LogP contribution in [-0.2, 0) is 11.3 Å². The van der Waals surface area contributed by atoms with Gasteiger partial charge in [0.25, 0.3) is 0 Å². The minimum atomic E-state index is -0.357. The summed E-state index contributed by atoms with van der Waals surface area (Å²) in [7, 11) is 0. The topological polar surface area (TPSA) is 46.9 Å². The van der Waals surface area contributed by atoms with Crippen molar-refractivity contribution in [3.8, 4) is 0 Å². The first-order valence-corrected chi connectivity index (χ1v) is 10.0. The average Bonchev–Trinajstić information content (AvgIpc) is 3.04. The van der Waals surface area contributed by atoms with Crippen LogP contribution in [0.1, 0.15) is 51.0 Å². The van der Waals surface area contributed by atoms with Crippen molar-refractivity contribution in [3.05, 3.63) is 64.7 Å². The molecule has 4 nitrogen and oxygen atoms in total. The zero-order valence-electron chi connectivity index (χ0n) is 16.4. The summed E-state index contributed by atoms with van der Waals surface area (Å²) in [4.78, 5) is 17.3. The van der Waals surface area contributed by atoms with E-state index < -0.39 is 0 Å². The summed E-state index contributed by atoms with van der Waals surface area (Å²) in [5.41, 5.74) is 2.08. The van der Waals surface area contributed by atoms with Gasteiger partial charge in [-0.3, -0.25) is 4.79 Å². The molecule has 2 aromatic carbocycles. The van der Waals surface area contributed by atoms with Crippen molar-refractivity contribution in [2.24, 2.45) is 5.92 Å². The second-order valence-corrected chi connectivity index (χ2v) is 7.40. The number of benzene rings is 2. The van der Waals surface area contributed by atoms with E-state index in [1.807, 2.05) is 49.6 Å². The van der Waals surface area contributed by atoms with Crippen molar-refractivity contribution in [2.75, 3.05) is 0 Å². The van der Waals surface area contributed by atoms with Gasteiger partial charge in [-0.05, 0) is 44.0 Å². The summed E-state index contributed by atoms with van der Waals surface area (Å²) >= 11 is 6.25. The van der Waals surface area contributed by atoms with Gasteiger partial charge in [-0.1, -0.05) is 43.6 Å². The molecule has 3 rings (SSSR count). The molecule has 1 aromatic heterocycles. The number of hydrogen-bond donors (Lipinski definition) is 1. The van der Waals surface area contributed by atoms with Crippen molar-refractivity contribution >= 4 is 28.5 Å². The fourth-order valence-electron chi connectivity index (χ4n) is 3.49. The maximum atomic E-state index is 14.4. The van der Waals surface area contributed by atoms with E-state index in [1.54, 1.807) is 12.1 Å². The summed E-state index contributed by atoms with van der Waals surface area (Å²) in [5.74, 6) is 0.311. The number of rotatable bonds is 7. The maximum absolute atomic E-state index is 14.4. The summed E-state index contributed by atoms with van der Waals surface area (Å²) in [6.45, 7) is 6.16. The van der Waals surface area contributed by atoms with Crippen molar-refractivity contribution in [1.29, 1.82) is 0 Å². The predicted molar refractivity (Wildman–Crippen MR) is 111 cm³/mol. The van der Waals surface area contributed by atoms with Gasteiger partial charge in [-0.15, -0.1) is 0 Å². The van der Waals surface area contributed by atoms with E-state index in [0.717, 1.165) is 23.9 Å². The number of carbonyl (C=O) groups excluding carboxylic acids is 1. The highest BCUT2D eigenvalue weighted by molar-refractivity contribution is 6.31. The number of halogens is 2. The molecule has 148 valence electrons. The third kappa shape index (κ3) is 4.04. The molecule has 1 atom stereocenters. The molecular formula is C22H25ClFN3O. The van der Waals surface area contributed by atoms with Gasteiger partial charge in [0.2, 0.25) is 5.91 Å². The number of carbonyl (C=O) groups is 1. The average molecular weight is 402 g/mol. The van der Waals surface area contributed by atoms with Gasteiger partial charge >= 0.3 is 0 Å². The van der Waals surface area contributed by atoms with Crippen LogP contribution in [0.25, 0.3) is 11.0 Å². The lowest BCUT2D eigenvalue weighted by molar-refractivity contribution is -0.125. The van der Waals surface area contributed by atoms with Gasteiger partial charge in [0.1, 0.15) is 11.6 Å². The fraction of sp³-hybridized carbons (Fsp3) is 0.364. The monoisotopic (exact) mass is 401 g/mol. The van der Waals surface area contributed by atoms with Crippen LogP contribution in [0.5, 0.6) is 0 Å². The molecule has 3 aromatic rings. The quantitative estimate of drug-likeness (QED) is 0.569. The Morgan fingerprint density at radius 2 is 1.89 bits per heavy atom. The minimum absolute atomic E-state index is 0.0139. The lowest BCUT2D eigenvalue weighted by atomic mass is 10.0.